The molecule has 0 saturated heterocycles. The normalized spacial score (nSPS) is 18.6. The zero-order valence-corrected chi connectivity index (χ0v) is 12.6. The van der Waals surface area contributed by atoms with Gasteiger partial charge in [-0.15, -0.1) is 0 Å². The summed E-state index contributed by atoms with van der Waals surface area (Å²) in [5.74, 6) is 0.915. The minimum Gasteiger partial charge on any atom is -0.497 e. The summed E-state index contributed by atoms with van der Waals surface area (Å²) in [7, 11) is 1.71. The average molecular weight is 269 g/mol. The molecule has 106 valence electrons. The monoisotopic (exact) mass is 269 g/mol. The number of fused-ring (bicyclic) bond motifs is 1. The van der Waals surface area contributed by atoms with Crippen LogP contribution in [-0.2, 0) is 0 Å². The van der Waals surface area contributed by atoms with Crippen molar-refractivity contribution < 1.29 is 4.74 Å². The Kier molecular flexibility index (Phi) is 3.43. The van der Waals surface area contributed by atoms with Crippen LogP contribution in [0.25, 0.3) is 10.8 Å². The molecular weight excluding hydrogens is 246 g/mol. The lowest BCUT2D eigenvalue weighted by molar-refractivity contribution is 0.190. The Hall–Kier alpha value is -1.54. The molecule has 20 heavy (non-hydrogen) atoms. The van der Waals surface area contributed by atoms with Crippen LogP contribution in [0.5, 0.6) is 5.75 Å². The van der Waals surface area contributed by atoms with Crippen molar-refractivity contribution in [2.24, 2.45) is 0 Å². The fraction of sp³-hybridized carbons (Fsp3) is 0.444. The average Bonchev–Trinajstić information content (AvgIpc) is 2.44. The largest absolute Gasteiger partial charge is 0.497 e. The zero-order valence-electron chi connectivity index (χ0n) is 12.6. The van der Waals surface area contributed by atoms with Crippen molar-refractivity contribution in [3.8, 4) is 5.75 Å². The molecular formula is C18H23NO. The second-order valence-electron chi connectivity index (χ2n) is 6.25. The van der Waals surface area contributed by atoms with Gasteiger partial charge in [0.25, 0.3) is 0 Å². The first-order valence-electron chi connectivity index (χ1n) is 7.45. The highest BCUT2D eigenvalue weighted by atomic mass is 16.5. The van der Waals surface area contributed by atoms with Gasteiger partial charge in [-0.25, -0.2) is 0 Å². The van der Waals surface area contributed by atoms with Crippen molar-refractivity contribution in [1.82, 2.24) is 5.32 Å². The minimum absolute atomic E-state index is 0.342. The van der Waals surface area contributed by atoms with Gasteiger partial charge in [-0.2, -0.15) is 0 Å². The third-order valence-electron chi connectivity index (χ3n) is 4.59. The molecule has 0 bridgehead atoms. The van der Waals surface area contributed by atoms with Gasteiger partial charge in [0.15, 0.2) is 0 Å². The smallest absolute Gasteiger partial charge is 0.119 e. The van der Waals surface area contributed by atoms with E-state index in [2.05, 4.69) is 49.5 Å². The predicted octanol–water partition coefficient (Wildman–Crippen LogP) is 4.44. The quantitative estimate of drug-likeness (QED) is 0.886. The Bertz CT molecular complexity index is 616. The molecule has 0 aromatic heterocycles. The molecule has 1 aliphatic carbocycles. The van der Waals surface area contributed by atoms with Crippen molar-refractivity contribution >= 4 is 10.8 Å². The fourth-order valence-electron chi connectivity index (χ4n) is 3.10. The van der Waals surface area contributed by atoms with Gasteiger partial charge in [0.2, 0.25) is 0 Å². The summed E-state index contributed by atoms with van der Waals surface area (Å²) in [4.78, 5) is 0. The zero-order chi connectivity index (χ0) is 14.2. The van der Waals surface area contributed by atoms with E-state index in [0.29, 0.717) is 11.6 Å². The van der Waals surface area contributed by atoms with Crippen LogP contribution in [-0.4, -0.2) is 12.6 Å². The van der Waals surface area contributed by atoms with E-state index in [-0.39, 0.29) is 0 Å². The topological polar surface area (TPSA) is 21.3 Å². The van der Waals surface area contributed by atoms with Crippen molar-refractivity contribution in [3.05, 3.63) is 42.0 Å². The van der Waals surface area contributed by atoms with Gasteiger partial charge in [0.05, 0.1) is 7.11 Å². The highest BCUT2D eigenvalue weighted by Crippen LogP contribution is 2.34. The molecule has 0 heterocycles. The van der Waals surface area contributed by atoms with E-state index in [1.807, 2.05) is 6.07 Å². The highest BCUT2D eigenvalue weighted by Gasteiger charge is 2.32. The number of methoxy groups -OCH3 is 1. The summed E-state index contributed by atoms with van der Waals surface area (Å²) < 4.78 is 5.28. The molecule has 1 unspecified atom stereocenters. The molecule has 0 amide bonds. The Balaban J connectivity index is 1.84. The van der Waals surface area contributed by atoms with E-state index in [9.17, 15) is 0 Å². The van der Waals surface area contributed by atoms with Gasteiger partial charge < -0.3 is 10.1 Å². The van der Waals surface area contributed by atoms with Crippen molar-refractivity contribution in [2.75, 3.05) is 7.11 Å². The van der Waals surface area contributed by atoms with Crippen LogP contribution < -0.4 is 10.1 Å². The van der Waals surface area contributed by atoms with Crippen molar-refractivity contribution in [2.45, 2.75) is 44.7 Å². The van der Waals surface area contributed by atoms with Gasteiger partial charge in [0, 0.05) is 11.6 Å². The molecule has 1 fully saturated rings. The van der Waals surface area contributed by atoms with Crippen LogP contribution in [0.2, 0.25) is 0 Å². The molecule has 1 N–H and O–H groups in total. The molecule has 1 aliphatic rings. The Labute approximate surface area is 121 Å². The molecule has 2 aromatic rings. The summed E-state index contributed by atoms with van der Waals surface area (Å²) in [6, 6.07) is 13.3. The van der Waals surface area contributed by atoms with E-state index in [1.165, 1.54) is 35.6 Å². The highest BCUT2D eigenvalue weighted by molar-refractivity contribution is 5.84. The first-order valence-corrected chi connectivity index (χ1v) is 7.45. The number of hydrogen-bond acceptors (Lipinski definition) is 2. The number of rotatable bonds is 4. The molecule has 3 rings (SSSR count). The number of nitrogens with one attached hydrogen (secondary N) is 1. The molecule has 2 aromatic carbocycles. The van der Waals surface area contributed by atoms with Crippen LogP contribution in [0.4, 0.5) is 0 Å². The maximum Gasteiger partial charge on any atom is 0.119 e. The maximum absolute atomic E-state index is 5.28. The van der Waals surface area contributed by atoms with Gasteiger partial charge in [-0.05, 0) is 67.6 Å². The van der Waals surface area contributed by atoms with Gasteiger partial charge in [-0.3, -0.25) is 0 Å². The predicted molar refractivity (Wildman–Crippen MR) is 84.3 cm³/mol. The van der Waals surface area contributed by atoms with Crippen molar-refractivity contribution in [1.29, 1.82) is 0 Å². The van der Waals surface area contributed by atoms with Crippen LogP contribution in [0.15, 0.2) is 36.4 Å². The Morgan fingerprint density at radius 2 is 1.80 bits per heavy atom. The first kappa shape index (κ1) is 13.4. The molecule has 1 saturated carbocycles. The lowest BCUT2D eigenvalue weighted by atomic mass is 9.78. The SMILES string of the molecule is COc1ccc2cc(C(C)NC3(C)CCC3)ccc2c1. The van der Waals surface area contributed by atoms with E-state index in [0.717, 1.165) is 5.75 Å². The molecule has 1 atom stereocenters. The van der Waals surface area contributed by atoms with Crippen molar-refractivity contribution in [3.63, 3.8) is 0 Å². The standard InChI is InChI=1S/C18H23NO/c1-13(19-18(2)9-4-10-18)14-5-6-16-12-17(20-3)8-7-15(16)11-14/h5-8,11-13,19H,4,9-10H2,1-3H3. The van der Waals surface area contributed by atoms with E-state index >= 15 is 0 Å². The van der Waals surface area contributed by atoms with E-state index in [1.54, 1.807) is 7.11 Å². The molecule has 2 heteroatoms. The third-order valence-corrected chi connectivity index (χ3v) is 4.59. The fourth-order valence-corrected chi connectivity index (χ4v) is 3.10. The van der Waals surface area contributed by atoms with E-state index < -0.39 is 0 Å². The maximum atomic E-state index is 5.28. The molecule has 0 spiro atoms. The minimum atomic E-state index is 0.342. The van der Waals surface area contributed by atoms with Gasteiger partial charge in [-0.1, -0.05) is 18.2 Å². The summed E-state index contributed by atoms with van der Waals surface area (Å²) in [5.41, 5.74) is 1.70. The van der Waals surface area contributed by atoms with Gasteiger partial charge in [0.1, 0.15) is 5.75 Å². The lowest BCUT2D eigenvalue weighted by Gasteiger charge is -2.41. The van der Waals surface area contributed by atoms with Crippen LogP contribution in [0.3, 0.4) is 0 Å². The second kappa shape index (κ2) is 5.10. The molecule has 0 radical (unpaired) electrons. The van der Waals surface area contributed by atoms with Gasteiger partial charge >= 0.3 is 0 Å². The lowest BCUT2D eigenvalue weighted by Crippen LogP contribution is -2.49. The molecule has 0 aliphatic heterocycles. The van der Waals surface area contributed by atoms with E-state index in [4.69, 9.17) is 4.74 Å². The summed E-state index contributed by atoms with van der Waals surface area (Å²) in [6.45, 7) is 4.59. The second-order valence-corrected chi connectivity index (χ2v) is 6.25. The van der Waals surface area contributed by atoms with Crippen LogP contribution in [0, 0.1) is 0 Å². The Morgan fingerprint density at radius 3 is 2.45 bits per heavy atom. The summed E-state index contributed by atoms with van der Waals surface area (Å²) >= 11 is 0. The summed E-state index contributed by atoms with van der Waals surface area (Å²) in [5, 5.41) is 6.28. The Morgan fingerprint density at radius 1 is 1.10 bits per heavy atom. The number of ether oxygens (including phenoxy) is 1. The number of hydrogen-bond donors (Lipinski definition) is 1. The van der Waals surface area contributed by atoms with Crippen LogP contribution >= 0.6 is 0 Å². The van der Waals surface area contributed by atoms with Crippen LogP contribution in [0.1, 0.15) is 44.7 Å². The number of benzene rings is 2. The summed E-state index contributed by atoms with van der Waals surface area (Å²) in [6.07, 6.45) is 3.94. The third kappa shape index (κ3) is 2.53. The first-order chi connectivity index (χ1) is 9.59. The molecule has 2 nitrogen and oxygen atoms in total.